The molecule has 1 fully saturated rings. The predicted molar refractivity (Wildman–Crippen MR) is 161 cm³/mol. The van der Waals surface area contributed by atoms with Gasteiger partial charge in [0, 0.05) is 48.8 Å². The molecule has 0 spiro atoms. The minimum absolute atomic E-state index is 0.228. The molecule has 1 saturated heterocycles. The number of nitrogens with zero attached hydrogens (tertiary/aromatic N) is 2. The van der Waals surface area contributed by atoms with Crippen molar-refractivity contribution < 1.29 is 22.8 Å². The quantitative estimate of drug-likeness (QED) is 0.382. The summed E-state index contributed by atoms with van der Waals surface area (Å²) in [6.45, 7) is 13.1. The van der Waals surface area contributed by atoms with E-state index >= 15 is 0 Å². The molecule has 2 aliphatic rings. The molecule has 4 N–H and O–H groups in total. The molecule has 2 aromatic carbocycles. The normalized spacial score (nSPS) is 18.3. The number of aryl methyl sites for hydroxylation is 1. The molecule has 0 bridgehead atoms. The monoisotopic (exact) mass is 585 g/mol. The second-order valence-electron chi connectivity index (χ2n) is 12.5. The minimum Gasteiger partial charge on any atom is -0.342 e. The van der Waals surface area contributed by atoms with E-state index in [9.17, 15) is 22.8 Å². The first-order chi connectivity index (χ1) is 19.5. The number of amides is 1. The first-order valence-electron chi connectivity index (χ1n) is 14.0. The topological polar surface area (TPSA) is 99.8 Å². The van der Waals surface area contributed by atoms with Crippen LogP contribution in [-0.2, 0) is 15.1 Å². The molecule has 7 nitrogen and oxygen atoms in total. The third-order valence-corrected chi connectivity index (χ3v) is 7.49. The first-order valence-corrected chi connectivity index (χ1v) is 14.0. The fourth-order valence-corrected chi connectivity index (χ4v) is 5.15. The lowest BCUT2D eigenvalue weighted by Gasteiger charge is -2.51. The Labute approximate surface area is 246 Å². The molecule has 2 heterocycles. The molecule has 1 atom stereocenters. The summed E-state index contributed by atoms with van der Waals surface area (Å²) in [6.07, 6.45) is 2.70. The molecule has 0 aromatic heterocycles. The predicted octanol–water partition coefficient (Wildman–Crippen LogP) is 4.28. The van der Waals surface area contributed by atoms with Gasteiger partial charge >= 0.3 is 0 Å². The van der Waals surface area contributed by atoms with Crippen molar-refractivity contribution in [2.45, 2.75) is 70.6 Å². The van der Waals surface area contributed by atoms with Crippen molar-refractivity contribution >= 4 is 23.5 Å². The molecule has 0 radical (unpaired) electrons. The fraction of sp³-hybridized carbons (Fsp3) is 0.469. The van der Waals surface area contributed by atoms with E-state index in [0.717, 1.165) is 17.9 Å². The van der Waals surface area contributed by atoms with Crippen LogP contribution in [0.4, 0.5) is 13.2 Å². The third kappa shape index (κ3) is 8.36. The molecule has 1 unspecified atom stereocenters. The first kappa shape index (κ1) is 33.2. The lowest BCUT2D eigenvalue weighted by molar-refractivity contribution is -0.121. The maximum absolute atomic E-state index is 14.4. The summed E-state index contributed by atoms with van der Waals surface area (Å²) >= 11 is 0. The van der Waals surface area contributed by atoms with Crippen LogP contribution in [0.15, 0.2) is 47.5 Å². The molecule has 2 aromatic rings. The van der Waals surface area contributed by atoms with Crippen LogP contribution in [0.1, 0.15) is 57.7 Å². The second kappa shape index (κ2) is 12.9. The molecule has 42 heavy (non-hydrogen) atoms. The van der Waals surface area contributed by atoms with Crippen LogP contribution >= 0.6 is 0 Å². The smallest absolute Gasteiger partial charge is 0.269 e. The van der Waals surface area contributed by atoms with E-state index in [1.54, 1.807) is 19.2 Å². The Kier molecular flexibility index (Phi) is 10.2. The average molecular weight is 586 g/mol. The molecule has 2 aliphatic heterocycles. The zero-order valence-corrected chi connectivity index (χ0v) is 25.4. The molecule has 228 valence electrons. The SMILES string of the molecule is CNC(C)(C)c1cc(F)cc(F)c1.Cc1ccc(C2=CC(C(=O)NC3(CC=O)CN(CC(C)(C)N)C3)=NC2C)c(F)c1. The summed E-state index contributed by atoms with van der Waals surface area (Å²) in [5.74, 6) is -1.75. The van der Waals surface area contributed by atoms with Crippen molar-refractivity contribution in [3.63, 3.8) is 0 Å². The van der Waals surface area contributed by atoms with Crippen LogP contribution in [0.3, 0.4) is 0 Å². The highest BCUT2D eigenvalue weighted by molar-refractivity contribution is 6.45. The largest absolute Gasteiger partial charge is 0.342 e. The molecular formula is C32H42F3N5O2. The maximum Gasteiger partial charge on any atom is 0.269 e. The number of carbonyl (C=O) groups excluding carboxylic acids is 2. The van der Waals surface area contributed by atoms with Gasteiger partial charge in [-0.05, 0) is 89.6 Å². The number of carbonyl (C=O) groups is 2. The summed E-state index contributed by atoms with van der Waals surface area (Å²) in [7, 11) is 1.75. The second-order valence-corrected chi connectivity index (χ2v) is 12.5. The number of rotatable bonds is 9. The van der Waals surface area contributed by atoms with Crippen molar-refractivity contribution in [2.75, 3.05) is 26.7 Å². The van der Waals surface area contributed by atoms with Crippen LogP contribution < -0.4 is 16.4 Å². The van der Waals surface area contributed by atoms with Gasteiger partial charge in [0.05, 0.1) is 11.6 Å². The van der Waals surface area contributed by atoms with Gasteiger partial charge < -0.3 is 21.2 Å². The average Bonchev–Trinajstić information content (AvgIpc) is 3.23. The van der Waals surface area contributed by atoms with Crippen molar-refractivity contribution in [3.8, 4) is 0 Å². The van der Waals surface area contributed by atoms with Gasteiger partial charge in [-0.1, -0.05) is 12.1 Å². The highest BCUT2D eigenvalue weighted by Gasteiger charge is 2.45. The van der Waals surface area contributed by atoms with Gasteiger partial charge in [0.25, 0.3) is 5.91 Å². The highest BCUT2D eigenvalue weighted by Crippen LogP contribution is 2.30. The van der Waals surface area contributed by atoms with Crippen LogP contribution in [0.5, 0.6) is 0 Å². The summed E-state index contributed by atoms with van der Waals surface area (Å²) < 4.78 is 40.0. The maximum atomic E-state index is 14.4. The summed E-state index contributed by atoms with van der Waals surface area (Å²) in [4.78, 5) is 30.6. The Bertz CT molecular complexity index is 1350. The Morgan fingerprint density at radius 3 is 2.26 bits per heavy atom. The lowest BCUT2D eigenvalue weighted by Crippen LogP contribution is -2.72. The van der Waals surface area contributed by atoms with Crippen molar-refractivity contribution in [1.29, 1.82) is 0 Å². The van der Waals surface area contributed by atoms with E-state index in [1.165, 1.54) is 18.2 Å². The van der Waals surface area contributed by atoms with E-state index in [4.69, 9.17) is 5.73 Å². The lowest BCUT2D eigenvalue weighted by atomic mass is 9.85. The molecule has 0 aliphatic carbocycles. The Hall–Kier alpha value is -3.34. The van der Waals surface area contributed by atoms with Crippen molar-refractivity contribution in [3.05, 3.63) is 76.6 Å². The number of nitrogens with two attached hydrogens (primary N) is 1. The number of aliphatic imine (C=N–C) groups is 1. The fourth-order valence-electron chi connectivity index (χ4n) is 5.15. The Morgan fingerprint density at radius 1 is 1.12 bits per heavy atom. The van der Waals surface area contributed by atoms with Crippen LogP contribution in [0.2, 0.25) is 0 Å². The molecule has 1 amide bonds. The van der Waals surface area contributed by atoms with E-state index < -0.39 is 22.7 Å². The van der Waals surface area contributed by atoms with Gasteiger partial charge in [-0.25, -0.2) is 13.2 Å². The zero-order valence-electron chi connectivity index (χ0n) is 25.4. The van der Waals surface area contributed by atoms with Gasteiger partial charge in [-0.15, -0.1) is 0 Å². The number of hydrogen-bond acceptors (Lipinski definition) is 6. The van der Waals surface area contributed by atoms with Gasteiger partial charge in [-0.2, -0.15) is 0 Å². The highest BCUT2D eigenvalue weighted by atomic mass is 19.1. The molecular weight excluding hydrogens is 543 g/mol. The summed E-state index contributed by atoms with van der Waals surface area (Å²) in [5.41, 5.74) is 7.52. The number of hydrogen-bond donors (Lipinski definition) is 3. The van der Waals surface area contributed by atoms with E-state index in [0.29, 0.717) is 36.3 Å². The number of benzene rings is 2. The molecule has 0 saturated carbocycles. The Morgan fingerprint density at radius 2 is 1.74 bits per heavy atom. The van der Waals surface area contributed by atoms with Crippen LogP contribution in [0.25, 0.3) is 5.57 Å². The Balaban J connectivity index is 0.000000312. The molecule has 4 rings (SSSR count). The number of nitrogens with one attached hydrogen (secondary N) is 2. The van der Waals surface area contributed by atoms with Crippen LogP contribution in [-0.4, -0.2) is 66.6 Å². The number of aldehydes is 1. The zero-order chi connectivity index (χ0) is 31.5. The van der Waals surface area contributed by atoms with E-state index in [1.807, 2.05) is 47.6 Å². The summed E-state index contributed by atoms with van der Waals surface area (Å²) in [6, 6.07) is 8.25. The van der Waals surface area contributed by atoms with Gasteiger partial charge in [-0.3, -0.25) is 14.7 Å². The number of halogens is 3. The van der Waals surface area contributed by atoms with Crippen molar-refractivity contribution in [2.24, 2.45) is 10.7 Å². The standard InChI is InChI=1S/C22H29FN4O2.C10H13F2N/c1-14-5-6-16(18(23)9-14)17-10-19(25-15(17)2)20(29)26-22(7-8-28)12-27(13-22)11-21(3,4)24;1-10(2,13-3)7-4-8(11)6-9(12)5-7/h5-6,8-10,15H,7,11-13,24H2,1-4H3,(H,26,29);4-6,13H,1-3H3. The summed E-state index contributed by atoms with van der Waals surface area (Å²) in [5, 5.41) is 5.96. The van der Waals surface area contributed by atoms with Gasteiger partial charge in [0.2, 0.25) is 0 Å². The van der Waals surface area contributed by atoms with Crippen LogP contribution in [0, 0.1) is 24.4 Å². The molecule has 10 heteroatoms. The third-order valence-electron chi connectivity index (χ3n) is 7.49. The van der Waals surface area contributed by atoms with Gasteiger partial charge in [0.1, 0.15) is 29.4 Å². The number of likely N-dealkylation sites (tertiary alicyclic amines) is 1. The van der Waals surface area contributed by atoms with E-state index in [2.05, 4.69) is 20.5 Å². The minimum atomic E-state index is -0.610. The van der Waals surface area contributed by atoms with E-state index in [-0.39, 0.29) is 35.4 Å². The van der Waals surface area contributed by atoms with Crippen molar-refractivity contribution in [1.82, 2.24) is 15.5 Å². The van der Waals surface area contributed by atoms with Gasteiger partial charge in [0.15, 0.2) is 0 Å².